The van der Waals surface area contributed by atoms with E-state index >= 15 is 0 Å². The molecule has 0 unspecified atom stereocenters. The van der Waals surface area contributed by atoms with Crippen LogP contribution in [0.25, 0.3) is 0 Å². The highest BCUT2D eigenvalue weighted by molar-refractivity contribution is 5.31. The van der Waals surface area contributed by atoms with E-state index in [1.807, 2.05) is 0 Å². The second kappa shape index (κ2) is 4.58. The number of hydrogen-bond acceptors (Lipinski definition) is 1. The molecule has 16 heavy (non-hydrogen) atoms. The molecule has 1 heteroatoms. The zero-order valence-electron chi connectivity index (χ0n) is 10.4. The minimum atomic E-state index is 0.179. The summed E-state index contributed by atoms with van der Waals surface area (Å²) in [5, 5.41) is 9.64. The van der Waals surface area contributed by atoms with E-state index in [9.17, 15) is 5.11 Å². The van der Waals surface area contributed by atoms with Gasteiger partial charge in [-0.2, -0.15) is 0 Å². The number of aliphatic hydroxyl groups excluding tert-OH is 1. The van der Waals surface area contributed by atoms with Crippen LogP contribution in [0.15, 0.2) is 18.2 Å². The van der Waals surface area contributed by atoms with E-state index in [2.05, 4.69) is 32.0 Å². The molecule has 88 valence electrons. The molecule has 1 nitrogen and oxygen atoms in total. The monoisotopic (exact) mass is 218 g/mol. The Morgan fingerprint density at radius 1 is 1.19 bits per heavy atom. The lowest BCUT2D eigenvalue weighted by Gasteiger charge is -2.27. The van der Waals surface area contributed by atoms with E-state index in [0.29, 0.717) is 6.61 Å². The Balaban J connectivity index is 2.21. The van der Waals surface area contributed by atoms with Crippen molar-refractivity contribution in [2.75, 3.05) is 6.61 Å². The van der Waals surface area contributed by atoms with Crippen LogP contribution in [-0.2, 0) is 6.42 Å². The van der Waals surface area contributed by atoms with Crippen LogP contribution in [0.5, 0.6) is 0 Å². The highest BCUT2D eigenvalue weighted by Crippen LogP contribution is 2.41. The van der Waals surface area contributed by atoms with Gasteiger partial charge in [-0.05, 0) is 49.7 Å². The number of hydrogen-bond donors (Lipinski definition) is 1. The van der Waals surface area contributed by atoms with Gasteiger partial charge in [-0.1, -0.05) is 36.6 Å². The Kier molecular flexibility index (Phi) is 3.34. The van der Waals surface area contributed by atoms with Crippen molar-refractivity contribution in [3.05, 3.63) is 34.9 Å². The van der Waals surface area contributed by atoms with E-state index in [4.69, 9.17) is 0 Å². The van der Waals surface area contributed by atoms with Crippen molar-refractivity contribution in [1.82, 2.24) is 0 Å². The van der Waals surface area contributed by atoms with Crippen LogP contribution in [0.4, 0.5) is 0 Å². The molecule has 0 amide bonds. The molecular formula is C15H22O. The number of rotatable bonds is 3. The maximum Gasteiger partial charge on any atom is 0.0490 e. The summed E-state index contributed by atoms with van der Waals surface area (Å²) in [5.41, 5.74) is 4.30. The molecule has 1 N–H and O–H groups in total. The Labute approximate surface area is 98.5 Å². The number of benzene rings is 1. The van der Waals surface area contributed by atoms with Crippen LogP contribution >= 0.6 is 0 Å². The summed E-state index contributed by atoms with van der Waals surface area (Å²) < 4.78 is 0. The van der Waals surface area contributed by atoms with Gasteiger partial charge in [0.1, 0.15) is 0 Å². The molecule has 1 aromatic rings. The van der Waals surface area contributed by atoms with Crippen molar-refractivity contribution in [2.24, 2.45) is 5.41 Å². The molecule has 1 saturated carbocycles. The van der Waals surface area contributed by atoms with E-state index in [1.54, 1.807) is 0 Å². The van der Waals surface area contributed by atoms with Crippen molar-refractivity contribution < 1.29 is 5.11 Å². The predicted octanol–water partition coefficient (Wildman–Crippen LogP) is 3.40. The molecule has 0 bridgehead atoms. The Morgan fingerprint density at radius 3 is 2.50 bits per heavy atom. The standard InChI is InChI=1S/C15H22O/c1-12-5-6-13(2)14(9-12)10-15(11-16)7-3-4-8-15/h5-6,9,16H,3-4,7-8,10-11H2,1-2H3. The van der Waals surface area contributed by atoms with Gasteiger partial charge in [0, 0.05) is 6.61 Å². The Bertz CT molecular complexity index is 362. The largest absolute Gasteiger partial charge is 0.396 e. The molecule has 1 aromatic carbocycles. The van der Waals surface area contributed by atoms with Crippen molar-refractivity contribution >= 4 is 0 Å². The molecular weight excluding hydrogens is 196 g/mol. The van der Waals surface area contributed by atoms with Gasteiger partial charge in [-0.25, -0.2) is 0 Å². The van der Waals surface area contributed by atoms with Crippen molar-refractivity contribution in [3.8, 4) is 0 Å². The molecule has 1 aliphatic carbocycles. The van der Waals surface area contributed by atoms with E-state index in [1.165, 1.54) is 42.4 Å². The molecule has 0 spiro atoms. The van der Waals surface area contributed by atoms with Gasteiger partial charge in [-0.3, -0.25) is 0 Å². The third-order valence-electron chi connectivity index (χ3n) is 4.07. The van der Waals surface area contributed by atoms with Gasteiger partial charge in [0.2, 0.25) is 0 Å². The second-order valence-corrected chi connectivity index (χ2v) is 5.47. The van der Waals surface area contributed by atoms with E-state index < -0.39 is 0 Å². The fourth-order valence-electron chi connectivity index (χ4n) is 2.91. The molecule has 0 radical (unpaired) electrons. The minimum Gasteiger partial charge on any atom is -0.396 e. The first kappa shape index (κ1) is 11.7. The number of aryl methyl sites for hydroxylation is 2. The predicted molar refractivity (Wildman–Crippen MR) is 67.6 cm³/mol. The second-order valence-electron chi connectivity index (χ2n) is 5.47. The average molecular weight is 218 g/mol. The number of aliphatic hydroxyl groups is 1. The van der Waals surface area contributed by atoms with E-state index in [-0.39, 0.29) is 5.41 Å². The normalized spacial score (nSPS) is 18.9. The van der Waals surface area contributed by atoms with Crippen LogP contribution in [-0.4, -0.2) is 11.7 Å². The quantitative estimate of drug-likeness (QED) is 0.824. The summed E-state index contributed by atoms with van der Waals surface area (Å²) in [7, 11) is 0. The lowest BCUT2D eigenvalue weighted by Crippen LogP contribution is -2.24. The average Bonchev–Trinajstić information content (AvgIpc) is 2.73. The molecule has 2 rings (SSSR count). The lowest BCUT2D eigenvalue weighted by molar-refractivity contribution is 0.130. The summed E-state index contributed by atoms with van der Waals surface area (Å²) in [5.74, 6) is 0. The fourth-order valence-corrected chi connectivity index (χ4v) is 2.91. The highest BCUT2D eigenvalue weighted by atomic mass is 16.3. The van der Waals surface area contributed by atoms with Gasteiger partial charge >= 0.3 is 0 Å². The Hall–Kier alpha value is -0.820. The molecule has 0 aliphatic heterocycles. The maximum atomic E-state index is 9.64. The first-order valence-corrected chi connectivity index (χ1v) is 6.32. The van der Waals surface area contributed by atoms with Gasteiger partial charge in [0.25, 0.3) is 0 Å². The van der Waals surface area contributed by atoms with Gasteiger partial charge in [0.15, 0.2) is 0 Å². The van der Waals surface area contributed by atoms with Crippen molar-refractivity contribution in [1.29, 1.82) is 0 Å². The molecule has 1 fully saturated rings. The van der Waals surface area contributed by atoms with Crippen molar-refractivity contribution in [3.63, 3.8) is 0 Å². The topological polar surface area (TPSA) is 20.2 Å². The first-order valence-electron chi connectivity index (χ1n) is 6.32. The van der Waals surface area contributed by atoms with Crippen LogP contribution < -0.4 is 0 Å². The maximum absolute atomic E-state index is 9.64. The Morgan fingerprint density at radius 2 is 1.88 bits per heavy atom. The fraction of sp³-hybridized carbons (Fsp3) is 0.600. The van der Waals surface area contributed by atoms with Crippen molar-refractivity contribution in [2.45, 2.75) is 46.0 Å². The van der Waals surface area contributed by atoms with Gasteiger partial charge in [-0.15, -0.1) is 0 Å². The summed E-state index contributed by atoms with van der Waals surface area (Å²) in [6, 6.07) is 6.65. The highest BCUT2D eigenvalue weighted by Gasteiger charge is 2.33. The third-order valence-corrected chi connectivity index (χ3v) is 4.07. The zero-order valence-corrected chi connectivity index (χ0v) is 10.4. The zero-order chi connectivity index (χ0) is 11.6. The van der Waals surface area contributed by atoms with Crippen LogP contribution in [0.1, 0.15) is 42.4 Å². The third kappa shape index (κ3) is 2.30. The van der Waals surface area contributed by atoms with Crippen LogP contribution in [0.2, 0.25) is 0 Å². The molecule has 0 aromatic heterocycles. The lowest BCUT2D eigenvalue weighted by atomic mass is 9.79. The smallest absolute Gasteiger partial charge is 0.0490 e. The van der Waals surface area contributed by atoms with Crippen LogP contribution in [0, 0.1) is 19.3 Å². The molecule has 0 heterocycles. The summed E-state index contributed by atoms with van der Waals surface area (Å²) in [4.78, 5) is 0. The SMILES string of the molecule is Cc1ccc(C)c(CC2(CO)CCCC2)c1. The summed E-state index contributed by atoms with van der Waals surface area (Å²) in [6.07, 6.45) is 6.00. The molecule has 0 saturated heterocycles. The summed E-state index contributed by atoms with van der Waals surface area (Å²) >= 11 is 0. The minimum absolute atomic E-state index is 0.179. The molecule has 0 atom stereocenters. The van der Waals surface area contributed by atoms with Gasteiger partial charge in [0.05, 0.1) is 0 Å². The molecule has 1 aliphatic rings. The van der Waals surface area contributed by atoms with Gasteiger partial charge < -0.3 is 5.11 Å². The first-order chi connectivity index (χ1) is 7.65. The summed E-state index contributed by atoms with van der Waals surface area (Å²) in [6.45, 7) is 4.67. The van der Waals surface area contributed by atoms with E-state index in [0.717, 1.165) is 6.42 Å². The van der Waals surface area contributed by atoms with Crippen LogP contribution in [0.3, 0.4) is 0 Å².